The fraction of sp³-hybridized carbons (Fsp3) is 0.200. The molecule has 0 bridgehead atoms. The lowest BCUT2D eigenvalue weighted by Gasteiger charge is -2.24. The molecular weight excluding hydrogens is 481 g/mol. The van der Waals surface area contributed by atoms with Crippen LogP contribution in [0, 0.1) is 5.21 Å². The van der Waals surface area contributed by atoms with Crippen LogP contribution in [0.5, 0.6) is 5.88 Å². The Hall–Kier alpha value is -2.57. The summed E-state index contributed by atoms with van der Waals surface area (Å²) in [5.41, 5.74) is 2.79. The van der Waals surface area contributed by atoms with Crippen LogP contribution in [-0.2, 0) is 0 Å². The van der Waals surface area contributed by atoms with Gasteiger partial charge in [-0.25, -0.2) is 4.98 Å². The second-order valence-electron chi connectivity index (χ2n) is 7.90. The molecule has 2 aromatic carbocycles. The topological polar surface area (TPSA) is 61.1 Å². The van der Waals surface area contributed by atoms with Crippen molar-refractivity contribution in [1.82, 2.24) is 10.3 Å². The molecule has 2 aromatic heterocycles. The third-order valence-corrected chi connectivity index (χ3v) is 6.75. The van der Waals surface area contributed by atoms with E-state index in [0.29, 0.717) is 32.0 Å². The minimum absolute atomic E-state index is 0.0331. The van der Waals surface area contributed by atoms with Crippen LogP contribution in [0.2, 0.25) is 15.1 Å². The highest BCUT2D eigenvalue weighted by atomic mass is 35.5. The molecule has 0 aliphatic carbocycles. The van der Waals surface area contributed by atoms with Crippen molar-refractivity contribution >= 4 is 45.7 Å². The number of piperidine rings is 1. The van der Waals surface area contributed by atoms with Gasteiger partial charge in [0, 0.05) is 28.1 Å². The van der Waals surface area contributed by atoms with E-state index in [1.54, 1.807) is 24.3 Å². The number of halogens is 3. The highest BCUT2D eigenvalue weighted by molar-refractivity contribution is 6.39. The molecule has 5 nitrogen and oxygen atoms in total. The zero-order chi connectivity index (χ0) is 22.9. The van der Waals surface area contributed by atoms with Crippen LogP contribution in [0.1, 0.15) is 12.8 Å². The Bertz CT molecular complexity index is 1320. The number of ether oxygens (including phenoxy) is 1. The van der Waals surface area contributed by atoms with Crippen molar-refractivity contribution in [3.63, 3.8) is 0 Å². The first kappa shape index (κ1) is 22.2. The molecule has 0 spiro atoms. The largest absolute Gasteiger partial charge is 0.618 e. The van der Waals surface area contributed by atoms with E-state index in [2.05, 4.69) is 5.32 Å². The van der Waals surface area contributed by atoms with E-state index in [1.807, 2.05) is 30.3 Å². The average molecular weight is 501 g/mol. The van der Waals surface area contributed by atoms with Gasteiger partial charge in [-0.05, 0) is 49.7 Å². The van der Waals surface area contributed by atoms with E-state index in [-0.39, 0.29) is 11.8 Å². The van der Waals surface area contributed by atoms with Gasteiger partial charge < -0.3 is 15.3 Å². The summed E-state index contributed by atoms with van der Waals surface area (Å²) in [6.07, 6.45) is 3.22. The van der Waals surface area contributed by atoms with E-state index < -0.39 is 0 Å². The first-order chi connectivity index (χ1) is 16.0. The molecule has 5 rings (SSSR count). The standard InChI is InChI=1S/C25H20Cl3N3O2/c26-19-5-2-1-4-16(19)18-14-22(33-15-8-11-29-12-9-15)30-24-17(18)10-13-31(32)25(24)23-20(27)6-3-7-21(23)28/h1-7,10,13-15,29H,8-9,11-12H2. The Labute approximate surface area is 206 Å². The van der Waals surface area contributed by atoms with Crippen molar-refractivity contribution in [2.75, 3.05) is 13.1 Å². The summed E-state index contributed by atoms with van der Waals surface area (Å²) in [5, 5.41) is 18.4. The molecule has 8 heteroatoms. The van der Waals surface area contributed by atoms with E-state index in [0.717, 1.165) is 47.2 Å². The summed E-state index contributed by atoms with van der Waals surface area (Å²) in [4.78, 5) is 4.78. The van der Waals surface area contributed by atoms with Gasteiger partial charge in [0.25, 0.3) is 5.69 Å². The number of nitrogens with one attached hydrogen (secondary N) is 1. The number of hydrogen-bond donors (Lipinski definition) is 1. The Morgan fingerprint density at radius 3 is 2.33 bits per heavy atom. The van der Waals surface area contributed by atoms with Crippen LogP contribution in [0.25, 0.3) is 33.3 Å². The van der Waals surface area contributed by atoms with Crippen LogP contribution in [-0.4, -0.2) is 24.2 Å². The van der Waals surface area contributed by atoms with Gasteiger partial charge in [0.15, 0.2) is 6.20 Å². The highest BCUT2D eigenvalue weighted by Crippen LogP contribution is 2.40. The highest BCUT2D eigenvalue weighted by Gasteiger charge is 2.25. The third kappa shape index (κ3) is 4.34. The van der Waals surface area contributed by atoms with Crippen molar-refractivity contribution in [3.8, 4) is 28.3 Å². The van der Waals surface area contributed by atoms with Gasteiger partial charge in [0.05, 0.1) is 15.6 Å². The molecule has 168 valence electrons. The van der Waals surface area contributed by atoms with Crippen molar-refractivity contribution < 1.29 is 9.47 Å². The first-order valence-electron chi connectivity index (χ1n) is 10.7. The van der Waals surface area contributed by atoms with E-state index >= 15 is 0 Å². The maximum atomic E-state index is 13.0. The van der Waals surface area contributed by atoms with Gasteiger partial charge in [-0.2, -0.15) is 4.73 Å². The number of aromatic nitrogens is 2. The molecule has 0 atom stereocenters. The smallest absolute Gasteiger partial charge is 0.253 e. The van der Waals surface area contributed by atoms with E-state index in [9.17, 15) is 5.21 Å². The van der Waals surface area contributed by atoms with E-state index in [4.69, 9.17) is 44.5 Å². The normalized spacial score (nSPS) is 14.5. The summed E-state index contributed by atoms with van der Waals surface area (Å²) >= 11 is 19.5. The van der Waals surface area contributed by atoms with Crippen molar-refractivity contribution in [2.24, 2.45) is 0 Å². The summed E-state index contributed by atoms with van der Waals surface area (Å²) in [6, 6.07) is 16.3. The zero-order valence-corrected chi connectivity index (χ0v) is 19.8. The summed E-state index contributed by atoms with van der Waals surface area (Å²) in [6.45, 7) is 1.77. The second kappa shape index (κ2) is 9.35. The lowest BCUT2D eigenvalue weighted by molar-refractivity contribution is -0.592. The quantitative estimate of drug-likeness (QED) is 0.264. The van der Waals surface area contributed by atoms with Crippen molar-refractivity contribution in [3.05, 3.63) is 81.1 Å². The van der Waals surface area contributed by atoms with Gasteiger partial charge in [0.1, 0.15) is 11.6 Å². The molecule has 0 radical (unpaired) electrons. The molecule has 3 heterocycles. The first-order valence-corrected chi connectivity index (χ1v) is 11.8. The molecule has 0 unspecified atom stereocenters. The maximum Gasteiger partial charge on any atom is 0.253 e. The Morgan fingerprint density at radius 1 is 0.909 bits per heavy atom. The summed E-state index contributed by atoms with van der Waals surface area (Å²) in [7, 11) is 0. The zero-order valence-electron chi connectivity index (χ0n) is 17.5. The van der Waals surface area contributed by atoms with E-state index in [1.165, 1.54) is 6.20 Å². The molecule has 0 amide bonds. The molecule has 4 aromatic rings. The van der Waals surface area contributed by atoms with Gasteiger partial charge in [-0.15, -0.1) is 0 Å². The van der Waals surface area contributed by atoms with Gasteiger partial charge in [0.2, 0.25) is 5.88 Å². The van der Waals surface area contributed by atoms with Crippen molar-refractivity contribution in [2.45, 2.75) is 18.9 Å². The number of nitrogens with zero attached hydrogens (tertiary/aromatic N) is 2. The minimum atomic E-state index is 0.0331. The lowest BCUT2D eigenvalue weighted by Crippen LogP contribution is -2.34. The molecule has 1 saturated heterocycles. The summed E-state index contributed by atoms with van der Waals surface area (Å²) < 4.78 is 7.03. The molecule has 1 aliphatic rings. The van der Waals surface area contributed by atoms with Gasteiger partial charge in [-0.3, -0.25) is 0 Å². The molecule has 0 saturated carbocycles. The molecule has 1 aliphatic heterocycles. The Balaban J connectivity index is 1.80. The van der Waals surface area contributed by atoms with Crippen LogP contribution < -0.4 is 14.8 Å². The predicted octanol–water partition coefficient (Wildman–Crippen LogP) is 6.29. The number of fused-ring (bicyclic) bond motifs is 1. The number of benzene rings is 2. The van der Waals surface area contributed by atoms with Crippen LogP contribution >= 0.6 is 34.8 Å². The van der Waals surface area contributed by atoms with Gasteiger partial charge >= 0.3 is 0 Å². The maximum absolute atomic E-state index is 13.0. The van der Waals surface area contributed by atoms with Gasteiger partial charge in [-0.1, -0.05) is 59.1 Å². The van der Waals surface area contributed by atoms with Crippen LogP contribution in [0.3, 0.4) is 0 Å². The molecule has 1 fully saturated rings. The predicted molar refractivity (Wildman–Crippen MR) is 133 cm³/mol. The second-order valence-corrected chi connectivity index (χ2v) is 9.13. The summed E-state index contributed by atoms with van der Waals surface area (Å²) in [5.74, 6) is 0.431. The number of hydrogen-bond acceptors (Lipinski definition) is 4. The fourth-order valence-electron chi connectivity index (χ4n) is 4.20. The Morgan fingerprint density at radius 2 is 1.61 bits per heavy atom. The molecule has 1 N–H and O–H groups in total. The third-order valence-electron chi connectivity index (χ3n) is 5.79. The number of pyridine rings is 2. The number of rotatable bonds is 4. The lowest BCUT2D eigenvalue weighted by atomic mass is 9.99. The van der Waals surface area contributed by atoms with Crippen molar-refractivity contribution in [1.29, 1.82) is 0 Å². The Kier molecular flexibility index (Phi) is 6.30. The molecular formula is C25H20Cl3N3O2. The minimum Gasteiger partial charge on any atom is -0.618 e. The SMILES string of the molecule is [O-][n+]1ccc2c(-c3ccccc3Cl)cc(OC3CCNCC3)nc2c1-c1c(Cl)cccc1Cl. The monoisotopic (exact) mass is 499 g/mol. The fourth-order valence-corrected chi connectivity index (χ4v) is 5.02. The van der Waals surface area contributed by atoms with Crippen LogP contribution in [0.15, 0.2) is 60.8 Å². The van der Waals surface area contributed by atoms with Crippen LogP contribution in [0.4, 0.5) is 0 Å². The average Bonchev–Trinajstić information content (AvgIpc) is 2.81. The molecule has 33 heavy (non-hydrogen) atoms.